The van der Waals surface area contributed by atoms with Gasteiger partial charge >= 0.3 is 0 Å². The van der Waals surface area contributed by atoms with Crippen molar-refractivity contribution in [3.05, 3.63) is 28.2 Å². The molecule has 0 unspecified atom stereocenters. The van der Waals surface area contributed by atoms with Gasteiger partial charge in [0.2, 0.25) is 0 Å². The molecule has 0 radical (unpaired) electrons. The van der Waals surface area contributed by atoms with Crippen LogP contribution >= 0.6 is 15.9 Å². The Morgan fingerprint density at radius 3 is 2.40 bits per heavy atom. The molecule has 1 aliphatic heterocycles. The molecule has 0 saturated carbocycles. The first-order valence-corrected chi connectivity index (χ1v) is 8.01. The van der Waals surface area contributed by atoms with Gasteiger partial charge in [0.25, 0.3) is 0 Å². The number of rotatable bonds is 3. The number of nitrogens with zero attached hydrogens (tertiary/aromatic N) is 1. The Bertz CT molecular complexity index is 450. The molecule has 0 amide bonds. The highest BCUT2D eigenvalue weighted by Crippen LogP contribution is 2.40. The molecule has 0 aliphatic carbocycles. The van der Waals surface area contributed by atoms with E-state index in [9.17, 15) is 0 Å². The second-order valence-electron chi connectivity index (χ2n) is 6.45. The SMILES string of the molecule is COc1ccc([C@H](N2CCNCC2)C(C)(C)C)cc1Br. The molecule has 2 rings (SSSR count). The molecule has 1 aliphatic rings. The Morgan fingerprint density at radius 1 is 1.25 bits per heavy atom. The molecule has 0 spiro atoms. The lowest BCUT2D eigenvalue weighted by atomic mass is 9.81. The van der Waals surface area contributed by atoms with Gasteiger partial charge in [-0.2, -0.15) is 0 Å². The van der Waals surface area contributed by atoms with E-state index in [0.717, 1.165) is 36.4 Å². The Kier molecular flexibility index (Phi) is 5.10. The summed E-state index contributed by atoms with van der Waals surface area (Å²) in [6.07, 6.45) is 0. The van der Waals surface area contributed by atoms with Crippen molar-refractivity contribution in [1.82, 2.24) is 10.2 Å². The molecule has 1 N–H and O–H groups in total. The molecule has 1 fully saturated rings. The first-order chi connectivity index (χ1) is 9.43. The summed E-state index contributed by atoms with van der Waals surface area (Å²) >= 11 is 3.61. The fraction of sp³-hybridized carbons (Fsp3) is 0.625. The summed E-state index contributed by atoms with van der Waals surface area (Å²) in [5.74, 6) is 0.890. The zero-order valence-electron chi connectivity index (χ0n) is 12.9. The van der Waals surface area contributed by atoms with E-state index in [1.165, 1.54) is 5.56 Å². The molecule has 112 valence electrons. The molecule has 20 heavy (non-hydrogen) atoms. The predicted octanol–water partition coefficient (Wildman–Crippen LogP) is 3.45. The van der Waals surface area contributed by atoms with E-state index in [4.69, 9.17) is 4.74 Å². The van der Waals surface area contributed by atoms with E-state index in [0.29, 0.717) is 6.04 Å². The van der Waals surface area contributed by atoms with Crippen LogP contribution in [0.15, 0.2) is 22.7 Å². The summed E-state index contributed by atoms with van der Waals surface area (Å²) in [6.45, 7) is 11.3. The summed E-state index contributed by atoms with van der Waals surface area (Å²) in [5.41, 5.74) is 1.55. The third kappa shape index (κ3) is 3.54. The lowest BCUT2D eigenvalue weighted by molar-refractivity contribution is 0.0861. The first kappa shape index (κ1) is 15.8. The third-order valence-electron chi connectivity index (χ3n) is 3.83. The average molecular weight is 341 g/mol. The maximum Gasteiger partial charge on any atom is 0.133 e. The zero-order chi connectivity index (χ0) is 14.8. The van der Waals surface area contributed by atoms with Crippen LogP contribution in [0.5, 0.6) is 5.75 Å². The smallest absolute Gasteiger partial charge is 0.133 e. The van der Waals surface area contributed by atoms with Crippen LogP contribution in [0.4, 0.5) is 0 Å². The van der Waals surface area contributed by atoms with E-state index in [-0.39, 0.29) is 5.41 Å². The normalized spacial score (nSPS) is 18.9. The van der Waals surface area contributed by atoms with Gasteiger partial charge in [-0.3, -0.25) is 4.90 Å². The van der Waals surface area contributed by atoms with Crippen LogP contribution in [0, 0.1) is 5.41 Å². The van der Waals surface area contributed by atoms with E-state index in [1.54, 1.807) is 7.11 Å². The highest BCUT2D eigenvalue weighted by molar-refractivity contribution is 9.10. The number of hydrogen-bond donors (Lipinski definition) is 1. The van der Waals surface area contributed by atoms with Crippen molar-refractivity contribution in [2.45, 2.75) is 26.8 Å². The van der Waals surface area contributed by atoms with Gasteiger partial charge in [0.1, 0.15) is 5.75 Å². The maximum absolute atomic E-state index is 5.34. The second kappa shape index (κ2) is 6.46. The quantitative estimate of drug-likeness (QED) is 0.911. The Hall–Kier alpha value is -0.580. The van der Waals surface area contributed by atoms with Crippen molar-refractivity contribution in [3.63, 3.8) is 0 Å². The standard InChI is InChI=1S/C16H25BrN2O/c1-16(2,3)15(19-9-7-18-8-10-19)12-5-6-14(20-4)13(17)11-12/h5-6,11,15,18H,7-10H2,1-4H3/t15-/m0/s1. The largest absolute Gasteiger partial charge is 0.496 e. The minimum Gasteiger partial charge on any atom is -0.496 e. The third-order valence-corrected chi connectivity index (χ3v) is 4.45. The van der Waals surface area contributed by atoms with E-state index >= 15 is 0 Å². The minimum atomic E-state index is 0.200. The number of hydrogen-bond acceptors (Lipinski definition) is 3. The molecule has 1 saturated heterocycles. The van der Waals surface area contributed by atoms with Crippen molar-refractivity contribution in [3.8, 4) is 5.75 Å². The number of piperazine rings is 1. The Balaban J connectivity index is 2.33. The number of nitrogens with one attached hydrogen (secondary N) is 1. The Labute approximate surface area is 130 Å². The molecule has 1 atom stereocenters. The van der Waals surface area contributed by atoms with Crippen molar-refractivity contribution in [1.29, 1.82) is 0 Å². The summed E-state index contributed by atoms with van der Waals surface area (Å²) in [7, 11) is 1.71. The summed E-state index contributed by atoms with van der Waals surface area (Å²) < 4.78 is 6.37. The van der Waals surface area contributed by atoms with Gasteiger partial charge in [-0.15, -0.1) is 0 Å². The molecule has 4 heteroatoms. The number of ether oxygens (including phenoxy) is 1. The minimum absolute atomic E-state index is 0.200. The van der Waals surface area contributed by atoms with E-state index < -0.39 is 0 Å². The van der Waals surface area contributed by atoms with Crippen molar-refractivity contribution >= 4 is 15.9 Å². The van der Waals surface area contributed by atoms with Gasteiger partial charge in [0.15, 0.2) is 0 Å². The van der Waals surface area contributed by atoms with Crippen LogP contribution in [0.1, 0.15) is 32.4 Å². The molecule has 1 heterocycles. The van der Waals surface area contributed by atoms with E-state index in [2.05, 4.69) is 65.1 Å². The maximum atomic E-state index is 5.34. The average Bonchev–Trinajstić information content (AvgIpc) is 2.39. The number of benzene rings is 1. The topological polar surface area (TPSA) is 24.5 Å². The van der Waals surface area contributed by atoms with Crippen LogP contribution in [-0.2, 0) is 0 Å². The first-order valence-electron chi connectivity index (χ1n) is 7.21. The molecule has 0 aromatic heterocycles. The van der Waals surface area contributed by atoms with Gasteiger partial charge in [-0.25, -0.2) is 0 Å². The van der Waals surface area contributed by atoms with Crippen molar-refractivity contribution in [2.75, 3.05) is 33.3 Å². The van der Waals surface area contributed by atoms with Crippen molar-refractivity contribution < 1.29 is 4.74 Å². The van der Waals surface area contributed by atoms with Gasteiger partial charge in [-0.05, 0) is 39.0 Å². The highest BCUT2D eigenvalue weighted by Gasteiger charge is 2.32. The predicted molar refractivity (Wildman–Crippen MR) is 87.3 cm³/mol. The van der Waals surface area contributed by atoms with Crippen LogP contribution in [-0.4, -0.2) is 38.2 Å². The highest BCUT2D eigenvalue weighted by atomic mass is 79.9. The molecule has 1 aromatic rings. The molecule has 0 bridgehead atoms. The fourth-order valence-corrected chi connectivity index (χ4v) is 3.61. The van der Waals surface area contributed by atoms with Gasteiger partial charge in [-0.1, -0.05) is 26.8 Å². The molecule has 1 aromatic carbocycles. The van der Waals surface area contributed by atoms with Crippen molar-refractivity contribution in [2.24, 2.45) is 5.41 Å². The summed E-state index contributed by atoms with van der Waals surface area (Å²) in [5, 5.41) is 3.43. The lowest BCUT2D eigenvalue weighted by Gasteiger charge is -2.42. The van der Waals surface area contributed by atoms with Crippen LogP contribution in [0.2, 0.25) is 0 Å². The molecule has 3 nitrogen and oxygen atoms in total. The van der Waals surface area contributed by atoms with Gasteiger partial charge in [0, 0.05) is 32.2 Å². The van der Waals surface area contributed by atoms with E-state index in [1.807, 2.05) is 0 Å². The fourth-order valence-electron chi connectivity index (χ4n) is 3.05. The summed E-state index contributed by atoms with van der Waals surface area (Å²) in [4.78, 5) is 2.59. The Morgan fingerprint density at radius 2 is 1.90 bits per heavy atom. The summed E-state index contributed by atoms with van der Waals surface area (Å²) in [6, 6.07) is 6.88. The number of methoxy groups -OCH3 is 1. The van der Waals surface area contributed by atoms with Gasteiger partial charge < -0.3 is 10.1 Å². The van der Waals surface area contributed by atoms with Crippen LogP contribution < -0.4 is 10.1 Å². The lowest BCUT2D eigenvalue weighted by Crippen LogP contribution is -2.48. The molecular weight excluding hydrogens is 316 g/mol. The van der Waals surface area contributed by atoms with Gasteiger partial charge in [0.05, 0.1) is 11.6 Å². The van der Waals surface area contributed by atoms with Crippen LogP contribution in [0.3, 0.4) is 0 Å². The zero-order valence-corrected chi connectivity index (χ0v) is 14.5. The second-order valence-corrected chi connectivity index (χ2v) is 7.30. The molecular formula is C16H25BrN2O. The monoisotopic (exact) mass is 340 g/mol. The number of halogens is 1. The van der Waals surface area contributed by atoms with Crippen LogP contribution in [0.25, 0.3) is 0 Å².